The van der Waals surface area contributed by atoms with E-state index in [1.165, 1.54) is 6.08 Å². The van der Waals surface area contributed by atoms with Gasteiger partial charge < -0.3 is 9.47 Å². The molecule has 0 aromatic heterocycles. The third-order valence-electron chi connectivity index (χ3n) is 2.61. The Hall–Kier alpha value is -1.77. The molecule has 1 aromatic carbocycles. The summed E-state index contributed by atoms with van der Waals surface area (Å²) in [7, 11) is 0. The summed E-state index contributed by atoms with van der Waals surface area (Å²) < 4.78 is 10.9. The minimum Gasteiger partial charge on any atom is -0.491 e. The first-order valence-corrected chi connectivity index (χ1v) is 6.98. The molecule has 110 valence electrons. The van der Waals surface area contributed by atoms with Crippen LogP contribution >= 0.6 is 0 Å². The summed E-state index contributed by atoms with van der Waals surface area (Å²) in [5.74, 6) is 0.506. The second-order valence-corrected chi connectivity index (χ2v) is 5.77. The van der Waals surface area contributed by atoms with Gasteiger partial charge in [-0.2, -0.15) is 0 Å². The summed E-state index contributed by atoms with van der Waals surface area (Å²) in [6.07, 6.45) is 4.36. The fourth-order valence-electron chi connectivity index (χ4n) is 1.47. The molecule has 3 heteroatoms. The molecule has 0 aliphatic carbocycles. The predicted octanol–water partition coefficient (Wildman–Crippen LogP) is 4.22. The molecule has 20 heavy (non-hydrogen) atoms. The van der Waals surface area contributed by atoms with E-state index >= 15 is 0 Å². The quantitative estimate of drug-likeness (QED) is 0.596. The molecule has 0 aliphatic heterocycles. The van der Waals surface area contributed by atoms with Crippen molar-refractivity contribution < 1.29 is 14.3 Å². The molecule has 0 heterocycles. The highest BCUT2D eigenvalue weighted by Gasteiger charge is 2.13. The normalized spacial score (nSPS) is 13.2. The maximum atomic E-state index is 11.5. The summed E-state index contributed by atoms with van der Waals surface area (Å²) >= 11 is 0. The first-order valence-electron chi connectivity index (χ1n) is 6.98. The minimum absolute atomic E-state index is 0.207. The average Bonchev–Trinajstić information content (AvgIpc) is 2.36. The smallest absolute Gasteiger partial charge is 0.331 e. The van der Waals surface area contributed by atoms with Crippen molar-refractivity contribution in [2.45, 2.75) is 52.7 Å². The summed E-state index contributed by atoms with van der Waals surface area (Å²) in [5, 5.41) is 0. The lowest BCUT2D eigenvalue weighted by molar-refractivity contribution is -0.148. The van der Waals surface area contributed by atoms with Gasteiger partial charge in [-0.25, -0.2) is 4.79 Å². The van der Waals surface area contributed by atoms with E-state index in [-0.39, 0.29) is 12.1 Å². The van der Waals surface area contributed by atoms with Crippen LogP contribution in [-0.4, -0.2) is 17.7 Å². The number of benzene rings is 1. The van der Waals surface area contributed by atoms with Crippen LogP contribution in [0.25, 0.3) is 6.08 Å². The molecule has 1 rings (SSSR count). The largest absolute Gasteiger partial charge is 0.491 e. The molecule has 0 amide bonds. The third-order valence-corrected chi connectivity index (χ3v) is 2.61. The van der Waals surface area contributed by atoms with Crippen LogP contribution < -0.4 is 4.74 Å². The Morgan fingerprint density at radius 1 is 1.25 bits per heavy atom. The van der Waals surface area contributed by atoms with Crippen molar-refractivity contribution in [1.82, 2.24) is 0 Å². The van der Waals surface area contributed by atoms with E-state index < -0.39 is 5.60 Å². The monoisotopic (exact) mass is 276 g/mol. The zero-order chi connectivity index (χ0) is 15.2. The van der Waals surface area contributed by atoms with Gasteiger partial charge in [-0.05, 0) is 57.9 Å². The molecule has 3 nitrogen and oxygen atoms in total. The van der Waals surface area contributed by atoms with Gasteiger partial charge in [0.05, 0.1) is 6.10 Å². The Bertz CT molecular complexity index is 452. The Balaban J connectivity index is 2.59. The van der Waals surface area contributed by atoms with Crippen molar-refractivity contribution in [3.8, 4) is 5.75 Å². The van der Waals surface area contributed by atoms with Crippen LogP contribution in [0.3, 0.4) is 0 Å². The molecule has 0 aliphatic rings. The van der Waals surface area contributed by atoms with E-state index in [0.29, 0.717) is 0 Å². The molecule has 0 N–H and O–H groups in total. The highest BCUT2D eigenvalue weighted by atomic mass is 16.6. The zero-order valence-corrected chi connectivity index (χ0v) is 13.0. The van der Waals surface area contributed by atoms with E-state index in [0.717, 1.165) is 17.7 Å². The lowest BCUT2D eigenvalue weighted by Crippen LogP contribution is -2.22. The van der Waals surface area contributed by atoms with Crippen molar-refractivity contribution in [2.24, 2.45) is 0 Å². The molecule has 1 atom stereocenters. The fraction of sp³-hybridized carbons (Fsp3) is 0.471. The number of ether oxygens (including phenoxy) is 2. The molecule has 1 unspecified atom stereocenters. The fourth-order valence-corrected chi connectivity index (χ4v) is 1.47. The van der Waals surface area contributed by atoms with Crippen LogP contribution in [0.5, 0.6) is 5.75 Å². The maximum Gasteiger partial charge on any atom is 0.331 e. The van der Waals surface area contributed by atoms with Crippen LogP contribution in [-0.2, 0) is 9.53 Å². The van der Waals surface area contributed by atoms with E-state index in [1.54, 1.807) is 6.08 Å². The van der Waals surface area contributed by atoms with Gasteiger partial charge >= 0.3 is 5.97 Å². The van der Waals surface area contributed by atoms with Gasteiger partial charge in [0.15, 0.2) is 0 Å². The van der Waals surface area contributed by atoms with Gasteiger partial charge in [-0.15, -0.1) is 0 Å². The molecule has 0 saturated heterocycles. The predicted molar refractivity (Wildman–Crippen MR) is 81.7 cm³/mol. The zero-order valence-electron chi connectivity index (χ0n) is 13.0. The van der Waals surface area contributed by atoms with E-state index in [1.807, 2.05) is 52.0 Å². The van der Waals surface area contributed by atoms with E-state index in [9.17, 15) is 4.79 Å². The second kappa shape index (κ2) is 7.13. The standard InChI is InChI=1S/C17H24O3/c1-6-13(2)19-15-10-7-14(8-11-15)9-12-16(18)20-17(3,4)5/h7-13H,6H2,1-5H3. The summed E-state index contributed by atoms with van der Waals surface area (Å²) in [5.41, 5.74) is 0.474. The average molecular weight is 276 g/mol. The lowest BCUT2D eigenvalue weighted by Gasteiger charge is -2.17. The Morgan fingerprint density at radius 2 is 1.85 bits per heavy atom. The van der Waals surface area contributed by atoms with E-state index in [2.05, 4.69) is 6.92 Å². The van der Waals surface area contributed by atoms with Gasteiger partial charge in [0.25, 0.3) is 0 Å². The Labute approximate surface area is 121 Å². The van der Waals surface area contributed by atoms with Crippen LogP contribution in [0.1, 0.15) is 46.6 Å². The van der Waals surface area contributed by atoms with Crippen molar-refractivity contribution in [3.63, 3.8) is 0 Å². The number of esters is 1. The van der Waals surface area contributed by atoms with Crippen LogP contribution in [0.4, 0.5) is 0 Å². The molecular formula is C17H24O3. The van der Waals surface area contributed by atoms with Crippen molar-refractivity contribution in [3.05, 3.63) is 35.9 Å². The number of hydrogen-bond donors (Lipinski definition) is 0. The topological polar surface area (TPSA) is 35.5 Å². The molecule has 0 saturated carbocycles. The number of hydrogen-bond acceptors (Lipinski definition) is 3. The number of carbonyl (C=O) groups excluding carboxylic acids is 1. The maximum absolute atomic E-state index is 11.5. The second-order valence-electron chi connectivity index (χ2n) is 5.77. The summed E-state index contributed by atoms with van der Waals surface area (Å²) in [6, 6.07) is 7.64. The van der Waals surface area contributed by atoms with Gasteiger partial charge in [0.1, 0.15) is 11.4 Å². The molecule has 1 aromatic rings. The first-order chi connectivity index (χ1) is 9.30. The molecular weight excluding hydrogens is 252 g/mol. The Kier molecular flexibility index (Phi) is 5.81. The summed E-state index contributed by atoms with van der Waals surface area (Å²) in [4.78, 5) is 11.5. The highest BCUT2D eigenvalue weighted by Crippen LogP contribution is 2.16. The minimum atomic E-state index is -0.463. The molecule has 0 spiro atoms. The molecule has 0 radical (unpaired) electrons. The Morgan fingerprint density at radius 3 is 2.35 bits per heavy atom. The van der Waals surface area contributed by atoms with Crippen molar-refractivity contribution in [2.75, 3.05) is 0 Å². The highest BCUT2D eigenvalue weighted by molar-refractivity contribution is 5.87. The first kappa shape index (κ1) is 16.3. The van der Waals surface area contributed by atoms with Crippen molar-refractivity contribution in [1.29, 1.82) is 0 Å². The van der Waals surface area contributed by atoms with Gasteiger partial charge in [0.2, 0.25) is 0 Å². The van der Waals surface area contributed by atoms with Crippen LogP contribution in [0, 0.1) is 0 Å². The van der Waals surface area contributed by atoms with Crippen molar-refractivity contribution >= 4 is 12.0 Å². The van der Waals surface area contributed by atoms with Gasteiger partial charge in [0, 0.05) is 6.08 Å². The van der Waals surface area contributed by atoms with Gasteiger partial charge in [-0.1, -0.05) is 19.1 Å². The summed E-state index contributed by atoms with van der Waals surface area (Å²) in [6.45, 7) is 9.66. The van der Waals surface area contributed by atoms with E-state index in [4.69, 9.17) is 9.47 Å². The SMILES string of the molecule is CCC(C)Oc1ccc(C=CC(=O)OC(C)(C)C)cc1. The lowest BCUT2D eigenvalue weighted by atomic mass is 10.2. The van der Waals surface area contributed by atoms with Gasteiger partial charge in [-0.3, -0.25) is 0 Å². The number of rotatable bonds is 5. The third kappa shape index (κ3) is 6.41. The molecule has 0 fully saturated rings. The molecule has 0 bridgehead atoms. The van der Waals surface area contributed by atoms with Crippen LogP contribution in [0.2, 0.25) is 0 Å². The van der Waals surface area contributed by atoms with Crippen LogP contribution in [0.15, 0.2) is 30.3 Å². The number of carbonyl (C=O) groups is 1.